The van der Waals surface area contributed by atoms with Crippen molar-refractivity contribution in [2.75, 3.05) is 0 Å². The van der Waals surface area contributed by atoms with E-state index in [1.807, 2.05) is 11.3 Å². The molecule has 0 fully saturated rings. The lowest BCUT2D eigenvalue weighted by molar-refractivity contribution is 1.02. The van der Waals surface area contributed by atoms with Crippen molar-refractivity contribution in [2.24, 2.45) is 0 Å². The van der Waals surface area contributed by atoms with Crippen LogP contribution in [-0.2, 0) is 0 Å². The molecule has 0 spiro atoms. The maximum Gasteiger partial charge on any atom is 0.235 e. The van der Waals surface area contributed by atoms with Crippen molar-refractivity contribution in [3.05, 3.63) is 164 Å². The van der Waals surface area contributed by atoms with Crippen LogP contribution in [0.5, 0.6) is 0 Å². The Morgan fingerprint density at radius 1 is 0.434 bits per heavy atom. The van der Waals surface area contributed by atoms with Gasteiger partial charge in [-0.1, -0.05) is 133 Å². The third-order valence-corrected chi connectivity index (χ3v) is 13.1. The second-order valence-electron chi connectivity index (χ2n) is 13.7. The van der Waals surface area contributed by atoms with E-state index in [2.05, 4.69) is 168 Å². The number of benzene rings is 8. The first-order chi connectivity index (χ1) is 26.3. The fourth-order valence-corrected chi connectivity index (χ4v) is 10.7. The molecule has 53 heavy (non-hydrogen) atoms. The average molecular weight is 710 g/mol. The summed E-state index contributed by atoms with van der Waals surface area (Å²) in [6.45, 7) is 0. The molecule has 0 unspecified atom stereocenters. The summed E-state index contributed by atoms with van der Waals surface area (Å²) in [5.41, 5.74) is 7.57. The highest BCUT2D eigenvalue weighted by Crippen LogP contribution is 2.45. The highest BCUT2D eigenvalue weighted by Gasteiger charge is 2.23. The van der Waals surface area contributed by atoms with Gasteiger partial charge in [0, 0.05) is 52.2 Å². The maximum atomic E-state index is 5.50. The van der Waals surface area contributed by atoms with Crippen molar-refractivity contribution in [1.29, 1.82) is 0 Å². The molecule has 0 atom stereocenters. The van der Waals surface area contributed by atoms with Gasteiger partial charge in [0.25, 0.3) is 0 Å². The Labute approximate surface area is 311 Å². The maximum absolute atomic E-state index is 5.50. The molecule has 0 aliphatic rings. The zero-order chi connectivity index (χ0) is 34.6. The minimum absolute atomic E-state index is 0.677. The van der Waals surface area contributed by atoms with Crippen LogP contribution in [-0.4, -0.2) is 14.5 Å². The van der Waals surface area contributed by atoms with E-state index in [4.69, 9.17) is 9.97 Å². The lowest BCUT2D eigenvalue weighted by Crippen LogP contribution is -2.03. The van der Waals surface area contributed by atoms with Gasteiger partial charge in [-0.15, -0.1) is 22.7 Å². The molecule has 0 saturated carbocycles. The van der Waals surface area contributed by atoms with Crippen molar-refractivity contribution in [3.8, 4) is 28.3 Å². The molecule has 0 N–H and O–H groups in total. The van der Waals surface area contributed by atoms with E-state index in [-0.39, 0.29) is 0 Å². The molecule has 0 aliphatic heterocycles. The molecule has 0 bridgehead atoms. The highest BCUT2D eigenvalue weighted by molar-refractivity contribution is 7.26. The van der Waals surface area contributed by atoms with E-state index in [0.717, 1.165) is 43.5 Å². The van der Waals surface area contributed by atoms with E-state index in [0.29, 0.717) is 5.95 Å². The van der Waals surface area contributed by atoms with Crippen LogP contribution >= 0.6 is 22.7 Å². The third kappa shape index (κ3) is 4.20. The molecule has 4 aromatic heterocycles. The van der Waals surface area contributed by atoms with Crippen LogP contribution in [0.15, 0.2) is 164 Å². The largest absolute Gasteiger partial charge is 0.277 e. The van der Waals surface area contributed by atoms with Crippen LogP contribution in [0.3, 0.4) is 0 Å². The van der Waals surface area contributed by atoms with Gasteiger partial charge in [-0.2, -0.15) is 0 Å². The quantitative estimate of drug-likeness (QED) is 0.183. The number of rotatable bonds is 3. The second-order valence-corrected chi connectivity index (χ2v) is 15.8. The summed E-state index contributed by atoms with van der Waals surface area (Å²) >= 11 is 3.64. The summed E-state index contributed by atoms with van der Waals surface area (Å²) in [5.74, 6) is 0.677. The van der Waals surface area contributed by atoms with E-state index < -0.39 is 0 Å². The van der Waals surface area contributed by atoms with Crippen molar-refractivity contribution < 1.29 is 0 Å². The fraction of sp³-hybridized carbons (Fsp3) is 0. The van der Waals surface area contributed by atoms with Gasteiger partial charge in [0.15, 0.2) is 0 Å². The first kappa shape index (κ1) is 29.2. The molecule has 0 radical (unpaired) electrons. The zero-order valence-electron chi connectivity index (χ0n) is 28.2. The number of fused-ring (bicyclic) bond motifs is 13. The molecular formula is C48H27N3S2. The van der Waals surface area contributed by atoms with Crippen molar-refractivity contribution in [3.63, 3.8) is 0 Å². The van der Waals surface area contributed by atoms with Crippen LogP contribution < -0.4 is 0 Å². The first-order valence-corrected chi connectivity index (χ1v) is 19.5. The predicted molar refractivity (Wildman–Crippen MR) is 228 cm³/mol. The molecule has 12 rings (SSSR count). The third-order valence-electron chi connectivity index (χ3n) is 10.8. The number of nitrogens with zero attached hydrogens (tertiary/aromatic N) is 3. The van der Waals surface area contributed by atoms with Crippen LogP contribution in [0.2, 0.25) is 0 Å². The van der Waals surface area contributed by atoms with Gasteiger partial charge in [-0.05, 0) is 57.4 Å². The Bertz CT molecular complexity index is 3460. The van der Waals surface area contributed by atoms with Gasteiger partial charge >= 0.3 is 0 Å². The van der Waals surface area contributed by atoms with Crippen LogP contribution in [0.25, 0.3) is 112 Å². The minimum atomic E-state index is 0.677. The normalized spacial score (nSPS) is 12.2. The molecule has 0 saturated heterocycles. The van der Waals surface area contributed by atoms with Gasteiger partial charge in [-0.3, -0.25) is 4.57 Å². The van der Waals surface area contributed by atoms with Crippen molar-refractivity contribution >= 4 is 106 Å². The lowest BCUT2D eigenvalue weighted by Gasteiger charge is -2.13. The Kier molecular flexibility index (Phi) is 6.09. The van der Waals surface area contributed by atoms with Crippen LogP contribution in [0.4, 0.5) is 0 Å². The fourth-order valence-electron chi connectivity index (χ4n) is 8.46. The van der Waals surface area contributed by atoms with Gasteiger partial charge in [0.1, 0.15) is 0 Å². The van der Waals surface area contributed by atoms with E-state index >= 15 is 0 Å². The Balaban J connectivity index is 1.23. The molecule has 246 valence electrons. The van der Waals surface area contributed by atoms with E-state index in [9.17, 15) is 0 Å². The first-order valence-electron chi connectivity index (χ1n) is 17.8. The summed E-state index contributed by atoms with van der Waals surface area (Å²) in [6.07, 6.45) is 0. The Hall–Kier alpha value is -6.40. The smallest absolute Gasteiger partial charge is 0.235 e. The van der Waals surface area contributed by atoms with Crippen LogP contribution in [0.1, 0.15) is 0 Å². The van der Waals surface area contributed by atoms with Crippen molar-refractivity contribution in [1.82, 2.24) is 14.5 Å². The molecule has 4 heterocycles. The number of para-hydroxylation sites is 1. The molecule has 3 nitrogen and oxygen atoms in total. The number of hydrogen-bond donors (Lipinski definition) is 0. The summed E-state index contributed by atoms with van der Waals surface area (Å²) < 4.78 is 7.26. The summed E-state index contributed by atoms with van der Waals surface area (Å²) in [5, 5.41) is 11.2. The Morgan fingerprint density at radius 2 is 1.11 bits per heavy atom. The molecule has 8 aromatic carbocycles. The molecular weight excluding hydrogens is 683 g/mol. The summed E-state index contributed by atoms with van der Waals surface area (Å²) in [6, 6.07) is 59.4. The van der Waals surface area contributed by atoms with Crippen molar-refractivity contribution in [2.45, 2.75) is 0 Å². The monoisotopic (exact) mass is 709 g/mol. The van der Waals surface area contributed by atoms with Gasteiger partial charge in [-0.25, -0.2) is 9.97 Å². The molecule has 0 amide bonds. The van der Waals surface area contributed by atoms with Gasteiger partial charge in [0.2, 0.25) is 5.95 Å². The predicted octanol–water partition coefficient (Wildman–Crippen LogP) is 13.9. The molecule has 12 aromatic rings. The standard InChI is InChI=1S/C48H27N3S2/c1-2-13-30(14-3-1)44-47-45(35-17-8-9-20-39(35)53-47)50-48(49-44)51-38-24-21-28-11-4-6-15-32(28)42(38)36-19-10-18-34(46(36)51)31-23-25-40-37(27-31)43-33-16-7-5-12-29(33)22-26-41(43)52-40/h1-27H. The number of hydrogen-bond acceptors (Lipinski definition) is 4. The Morgan fingerprint density at radius 3 is 1.96 bits per heavy atom. The zero-order valence-corrected chi connectivity index (χ0v) is 29.9. The average Bonchev–Trinajstić information content (AvgIpc) is 3.90. The van der Waals surface area contributed by atoms with Gasteiger partial charge in [0.05, 0.1) is 26.9 Å². The molecule has 0 aliphatic carbocycles. The number of aromatic nitrogens is 3. The van der Waals surface area contributed by atoms with Crippen LogP contribution in [0, 0.1) is 0 Å². The lowest BCUT2D eigenvalue weighted by atomic mass is 9.97. The second kappa shape index (κ2) is 11.1. The van der Waals surface area contributed by atoms with E-state index in [1.165, 1.54) is 62.8 Å². The number of thiophene rings is 2. The van der Waals surface area contributed by atoms with Gasteiger partial charge < -0.3 is 0 Å². The topological polar surface area (TPSA) is 30.7 Å². The van der Waals surface area contributed by atoms with E-state index in [1.54, 1.807) is 11.3 Å². The minimum Gasteiger partial charge on any atom is -0.277 e. The SMILES string of the molecule is c1ccc(-c2nc(-n3c4ccc5ccccc5c4c4cccc(-c5ccc6sc7ccc8ccccc8c7c6c5)c43)nc3c2sc2ccccc23)cc1. The highest BCUT2D eigenvalue weighted by atomic mass is 32.1. The summed E-state index contributed by atoms with van der Waals surface area (Å²) in [4.78, 5) is 11.0. The molecule has 5 heteroatoms. The summed E-state index contributed by atoms with van der Waals surface area (Å²) in [7, 11) is 0.